The van der Waals surface area contributed by atoms with Gasteiger partial charge in [0, 0.05) is 16.8 Å². The highest BCUT2D eigenvalue weighted by Gasteiger charge is 2.44. The molecule has 1 aliphatic heterocycles. The molecule has 200 valence electrons. The fourth-order valence-electron chi connectivity index (χ4n) is 4.91. The summed E-state index contributed by atoms with van der Waals surface area (Å²) in [6, 6.07) is 11.3. The maximum Gasteiger partial charge on any atom is 0.344 e. The number of esters is 1. The first-order chi connectivity index (χ1) is 18.7. The molecule has 1 atom stereocenters. The summed E-state index contributed by atoms with van der Waals surface area (Å²) in [7, 11) is 4.34. The highest BCUT2D eigenvalue weighted by molar-refractivity contribution is 6.22. The van der Waals surface area contributed by atoms with E-state index in [1.807, 2.05) is 0 Å². The lowest BCUT2D eigenvalue weighted by molar-refractivity contribution is -0.140. The van der Waals surface area contributed by atoms with E-state index >= 15 is 0 Å². The Kier molecular flexibility index (Phi) is 6.47. The molecule has 39 heavy (non-hydrogen) atoms. The van der Waals surface area contributed by atoms with Gasteiger partial charge in [0.1, 0.15) is 17.4 Å². The first kappa shape index (κ1) is 25.8. The molecule has 0 N–H and O–H groups in total. The second-order valence-corrected chi connectivity index (χ2v) is 9.25. The third-order valence-corrected chi connectivity index (χ3v) is 6.67. The van der Waals surface area contributed by atoms with E-state index in [-0.39, 0.29) is 33.6 Å². The van der Waals surface area contributed by atoms with Crippen molar-refractivity contribution >= 4 is 39.5 Å². The van der Waals surface area contributed by atoms with Crippen LogP contribution >= 0.6 is 0 Å². The van der Waals surface area contributed by atoms with E-state index in [4.69, 9.17) is 23.4 Å². The summed E-state index contributed by atoms with van der Waals surface area (Å²) in [6.45, 7) is 3.43. The van der Waals surface area contributed by atoms with Crippen LogP contribution in [-0.4, -0.2) is 50.1 Å². The number of benzene rings is 3. The topological polar surface area (TPSA) is 122 Å². The van der Waals surface area contributed by atoms with Gasteiger partial charge in [0.15, 0.2) is 11.5 Å². The van der Waals surface area contributed by atoms with Gasteiger partial charge in [0.25, 0.3) is 11.8 Å². The maximum atomic E-state index is 13.3. The molecule has 0 fully saturated rings. The van der Waals surface area contributed by atoms with Crippen LogP contribution in [0.25, 0.3) is 21.7 Å². The van der Waals surface area contributed by atoms with Gasteiger partial charge in [-0.05, 0) is 36.2 Å². The molecule has 0 radical (unpaired) electrons. The number of imide groups is 1. The van der Waals surface area contributed by atoms with Crippen LogP contribution in [0.4, 0.5) is 0 Å². The highest BCUT2D eigenvalue weighted by Crippen LogP contribution is 2.45. The molecule has 0 bridgehead atoms. The standard InChI is InChI=1S/C29H25NO9/c1-14(2)23(30-26(31)16-8-6-7-9-17(16)27(30)32)29(34)38-15-10-11-18-20(12-15)39-28(33)19-13-21(35-3)24(36-4)25(37-5)22(18)19/h6-14,23H,1-5H3. The Morgan fingerprint density at radius 2 is 1.46 bits per heavy atom. The molecule has 3 aromatic carbocycles. The number of methoxy groups -OCH3 is 3. The minimum Gasteiger partial charge on any atom is -0.493 e. The molecule has 0 saturated heterocycles. The van der Waals surface area contributed by atoms with Crippen molar-refractivity contribution in [2.75, 3.05) is 21.3 Å². The van der Waals surface area contributed by atoms with Gasteiger partial charge >= 0.3 is 11.6 Å². The predicted molar refractivity (Wildman–Crippen MR) is 141 cm³/mol. The van der Waals surface area contributed by atoms with Gasteiger partial charge in [-0.1, -0.05) is 26.0 Å². The van der Waals surface area contributed by atoms with E-state index in [0.717, 1.165) is 4.90 Å². The fraction of sp³-hybridized carbons (Fsp3) is 0.241. The molecule has 0 spiro atoms. The lowest BCUT2D eigenvalue weighted by Gasteiger charge is -2.27. The molecule has 1 unspecified atom stereocenters. The zero-order valence-electron chi connectivity index (χ0n) is 21.9. The first-order valence-electron chi connectivity index (χ1n) is 12.1. The second-order valence-electron chi connectivity index (χ2n) is 9.25. The van der Waals surface area contributed by atoms with E-state index < -0.39 is 35.4 Å². The molecule has 0 saturated carbocycles. The molecule has 5 rings (SSSR count). The molecule has 10 nitrogen and oxygen atoms in total. The number of fused-ring (bicyclic) bond motifs is 4. The van der Waals surface area contributed by atoms with E-state index in [9.17, 15) is 19.2 Å². The van der Waals surface area contributed by atoms with Gasteiger partial charge in [-0.2, -0.15) is 0 Å². The van der Waals surface area contributed by atoms with Gasteiger partial charge in [-0.3, -0.25) is 14.5 Å². The van der Waals surface area contributed by atoms with Crippen molar-refractivity contribution in [3.63, 3.8) is 0 Å². The zero-order valence-corrected chi connectivity index (χ0v) is 21.9. The van der Waals surface area contributed by atoms with E-state index in [1.165, 1.54) is 39.5 Å². The Hall–Kier alpha value is -4.86. The minimum atomic E-state index is -1.17. The van der Waals surface area contributed by atoms with Gasteiger partial charge in [0.2, 0.25) is 5.75 Å². The molecular weight excluding hydrogens is 506 g/mol. The number of carbonyl (C=O) groups excluding carboxylic acids is 3. The number of hydrogen-bond acceptors (Lipinski definition) is 9. The summed E-state index contributed by atoms with van der Waals surface area (Å²) in [6.07, 6.45) is 0. The third-order valence-electron chi connectivity index (χ3n) is 6.67. The van der Waals surface area contributed by atoms with Crippen LogP contribution in [0.3, 0.4) is 0 Å². The molecule has 10 heteroatoms. The minimum absolute atomic E-state index is 0.0664. The molecule has 2 amide bonds. The van der Waals surface area contributed by atoms with E-state index in [2.05, 4.69) is 0 Å². The summed E-state index contributed by atoms with van der Waals surface area (Å²) in [5, 5.41) is 1.15. The number of nitrogens with zero attached hydrogens (tertiary/aromatic N) is 1. The molecule has 1 aliphatic rings. The molecule has 4 aromatic rings. The number of amides is 2. The molecule has 1 aromatic heterocycles. The Bertz CT molecular complexity index is 1680. The number of carbonyl (C=O) groups is 3. The lowest BCUT2D eigenvalue weighted by atomic mass is 10.0. The second kappa shape index (κ2) is 9.79. The Morgan fingerprint density at radius 1 is 0.821 bits per heavy atom. The number of hydrogen-bond donors (Lipinski definition) is 0. The predicted octanol–water partition coefficient (Wildman–Crippen LogP) is 4.20. The van der Waals surface area contributed by atoms with Crippen LogP contribution in [0, 0.1) is 5.92 Å². The lowest BCUT2D eigenvalue weighted by Crippen LogP contribution is -2.49. The van der Waals surface area contributed by atoms with Gasteiger partial charge < -0.3 is 23.4 Å². The van der Waals surface area contributed by atoms with Crippen LogP contribution in [0.5, 0.6) is 23.0 Å². The van der Waals surface area contributed by atoms with Crippen molar-refractivity contribution in [1.29, 1.82) is 0 Å². The van der Waals surface area contributed by atoms with Crippen LogP contribution in [-0.2, 0) is 4.79 Å². The van der Waals surface area contributed by atoms with Crippen LogP contribution in [0.15, 0.2) is 57.7 Å². The normalized spacial score (nSPS) is 13.6. The van der Waals surface area contributed by atoms with E-state index in [0.29, 0.717) is 22.3 Å². The number of ether oxygens (including phenoxy) is 4. The number of rotatable bonds is 7. The van der Waals surface area contributed by atoms with Crippen molar-refractivity contribution in [1.82, 2.24) is 4.90 Å². The molecule has 2 heterocycles. The monoisotopic (exact) mass is 531 g/mol. The Morgan fingerprint density at radius 3 is 2.03 bits per heavy atom. The van der Waals surface area contributed by atoms with Crippen molar-refractivity contribution in [3.05, 3.63) is 70.1 Å². The quantitative estimate of drug-likeness (QED) is 0.114. The first-order valence-corrected chi connectivity index (χ1v) is 12.1. The summed E-state index contributed by atoms with van der Waals surface area (Å²) >= 11 is 0. The fourth-order valence-corrected chi connectivity index (χ4v) is 4.91. The Balaban J connectivity index is 1.55. The summed E-state index contributed by atoms with van der Waals surface area (Å²) < 4.78 is 27.5. The summed E-state index contributed by atoms with van der Waals surface area (Å²) in [5.74, 6) is -1.41. The van der Waals surface area contributed by atoms with Gasteiger partial charge in [-0.15, -0.1) is 0 Å². The smallest absolute Gasteiger partial charge is 0.344 e. The zero-order chi connectivity index (χ0) is 28.0. The van der Waals surface area contributed by atoms with Crippen molar-refractivity contribution in [2.45, 2.75) is 19.9 Å². The van der Waals surface area contributed by atoms with Crippen molar-refractivity contribution < 1.29 is 37.7 Å². The van der Waals surface area contributed by atoms with Gasteiger partial charge in [0.05, 0.1) is 37.8 Å². The van der Waals surface area contributed by atoms with Crippen molar-refractivity contribution in [3.8, 4) is 23.0 Å². The SMILES string of the molecule is COc1cc2c(=O)oc3cc(OC(=O)C(C(C)C)N4C(=O)c5ccccc5C4=O)ccc3c2c(OC)c1OC. The maximum absolute atomic E-state index is 13.3. The highest BCUT2D eigenvalue weighted by atomic mass is 16.5. The average Bonchev–Trinajstić information content (AvgIpc) is 3.17. The third kappa shape index (κ3) is 4.04. The average molecular weight is 532 g/mol. The van der Waals surface area contributed by atoms with Crippen molar-refractivity contribution in [2.24, 2.45) is 5.92 Å². The van der Waals surface area contributed by atoms with Crippen LogP contribution in [0.2, 0.25) is 0 Å². The van der Waals surface area contributed by atoms with E-state index in [1.54, 1.807) is 44.2 Å². The molecule has 0 aliphatic carbocycles. The molecular formula is C29H25NO9. The van der Waals surface area contributed by atoms with Crippen LogP contribution in [0.1, 0.15) is 34.6 Å². The summed E-state index contributed by atoms with van der Waals surface area (Å²) in [5.41, 5.74) is -0.0564. The van der Waals surface area contributed by atoms with Gasteiger partial charge in [-0.25, -0.2) is 9.59 Å². The Labute approximate surface area is 222 Å². The van der Waals surface area contributed by atoms with Crippen LogP contribution < -0.4 is 24.6 Å². The summed E-state index contributed by atoms with van der Waals surface area (Å²) in [4.78, 5) is 53.2. The largest absolute Gasteiger partial charge is 0.493 e.